The smallest absolute Gasteiger partial charge is 0.264 e. The maximum atomic E-state index is 13.2. The second kappa shape index (κ2) is 8.46. The molecule has 0 saturated carbocycles. The molecule has 0 bridgehead atoms. The first kappa shape index (κ1) is 19.8. The molecule has 0 fully saturated rings. The Kier molecular flexibility index (Phi) is 5.58. The monoisotopic (exact) mass is 408 g/mol. The summed E-state index contributed by atoms with van der Waals surface area (Å²) in [6.07, 6.45) is 2.84. The van der Waals surface area contributed by atoms with Gasteiger partial charge >= 0.3 is 0 Å². The Morgan fingerprint density at radius 1 is 1.13 bits per heavy atom. The number of halogens is 1. The van der Waals surface area contributed by atoms with Crippen LogP contribution in [0.25, 0.3) is 16.7 Å². The molecule has 4 rings (SSSR count). The molecule has 1 atom stereocenters. The number of fused-ring (bicyclic) bond motifs is 1. The maximum Gasteiger partial charge on any atom is 0.264 e. The Balaban J connectivity index is 1.48. The van der Waals surface area contributed by atoms with Crippen molar-refractivity contribution in [3.63, 3.8) is 0 Å². The Morgan fingerprint density at radius 3 is 2.57 bits per heavy atom. The lowest BCUT2D eigenvalue weighted by molar-refractivity contribution is 0.0915. The largest absolute Gasteiger partial charge is 0.491 e. The molecule has 0 amide bonds. The molecule has 2 aromatic carbocycles. The molecule has 4 aromatic rings. The quantitative estimate of drug-likeness (QED) is 0.509. The van der Waals surface area contributed by atoms with Gasteiger partial charge in [0.2, 0.25) is 0 Å². The number of hydrogen-bond donors (Lipinski definition) is 1. The van der Waals surface area contributed by atoms with Gasteiger partial charge < -0.3 is 9.84 Å². The molecular weight excluding hydrogens is 387 g/mol. The third-order valence-electron chi connectivity index (χ3n) is 4.81. The van der Waals surface area contributed by atoms with Crippen LogP contribution in [0.2, 0.25) is 0 Å². The van der Waals surface area contributed by atoms with E-state index < -0.39 is 6.10 Å². The first-order valence-corrected chi connectivity index (χ1v) is 9.64. The number of aliphatic hydroxyl groups is 1. The molecule has 2 heterocycles. The SMILES string of the molecule is CCc1ccc(OC[C@@H](O)Cn2cnc3c(cnn3-c3ccc(F)cc3)c2=O)cc1. The number of aryl methyl sites for hydroxylation is 1. The number of ether oxygens (including phenoxy) is 1. The van der Waals surface area contributed by atoms with Gasteiger partial charge in [0, 0.05) is 0 Å². The van der Waals surface area contributed by atoms with E-state index in [-0.39, 0.29) is 24.5 Å². The van der Waals surface area contributed by atoms with Crippen molar-refractivity contribution in [2.45, 2.75) is 26.0 Å². The highest BCUT2D eigenvalue weighted by Crippen LogP contribution is 2.15. The predicted molar refractivity (Wildman–Crippen MR) is 110 cm³/mol. The van der Waals surface area contributed by atoms with Gasteiger partial charge in [0.25, 0.3) is 5.56 Å². The summed E-state index contributed by atoms with van der Waals surface area (Å²) in [5.41, 5.74) is 1.85. The van der Waals surface area contributed by atoms with E-state index in [9.17, 15) is 14.3 Å². The Bertz CT molecular complexity index is 1200. The minimum Gasteiger partial charge on any atom is -0.491 e. The molecule has 2 aromatic heterocycles. The third-order valence-corrected chi connectivity index (χ3v) is 4.81. The lowest BCUT2D eigenvalue weighted by atomic mass is 10.2. The van der Waals surface area contributed by atoms with E-state index >= 15 is 0 Å². The standard InChI is InChI=1S/C22H21FN4O3/c1-2-15-3-9-19(10-4-15)30-13-18(28)12-26-14-24-21-20(22(26)29)11-25-27(21)17-7-5-16(23)6-8-17/h3-11,14,18,28H,2,12-13H2,1H3/t18-/m0/s1. The number of nitrogens with zero attached hydrogens (tertiary/aromatic N) is 4. The van der Waals surface area contributed by atoms with Crippen LogP contribution in [0.3, 0.4) is 0 Å². The number of benzene rings is 2. The summed E-state index contributed by atoms with van der Waals surface area (Å²) in [5.74, 6) is 0.302. The van der Waals surface area contributed by atoms with Crippen LogP contribution in [0.4, 0.5) is 4.39 Å². The molecule has 0 aliphatic rings. The first-order chi connectivity index (χ1) is 14.5. The Labute approximate surface area is 172 Å². The second-order valence-electron chi connectivity index (χ2n) is 6.93. The van der Waals surface area contributed by atoms with Crippen molar-refractivity contribution >= 4 is 11.0 Å². The fourth-order valence-corrected chi connectivity index (χ4v) is 3.14. The van der Waals surface area contributed by atoms with Crippen LogP contribution >= 0.6 is 0 Å². The molecule has 0 radical (unpaired) electrons. The summed E-state index contributed by atoms with van der Waals surface area (Å²) >= 11 is 0. The summed E-state index contributed by atoms with van der Waals surface area (Å²) in [5, 5.41) is 14.8. The molecule has 0 aliphatic carbocycles. The zero-order chi connectivity index (χ0) is 21.1. The maximum absolute atomic E-state index is 13.2. The Morgan fingerprint density at radius 2 is 1.87 bits per heavy atom. The van der Waals surface area contributed by atoms with E-state index in [1.54, 1.807) is 12.1 Å². The lowest BCUT2D eigenvalue weighted by Crippen LogP contribution is -2.30. The van der Waals surface area contributed by atoms with Crippen LogP contribution in [0.5, 0.6) is 5.75 Å². The lowest BCUT2D eigenvalue weighted by Gasteiger charge is -2.14. The van der Waals surface area contributed by atoms with Crippen molar-refractivity contribution in [1.29, 1.82) is 0 Å². The fourth-order valence-electron chi connectivity index (χ4n) is 3.14. The van der Waals surface area contributed by atoms with Crippen LogP contribution in [0.1, 0.15) is 12.5 Å². The van der Waals surface area contributed by atoms with Crippen LogP contribution in [-0.2, 0) is 13.0 Å². The van der Waals surface area contributed by atoms with Crippen LogP contribution < -0.4 is 10.3 Å². The molecule has 0 unspecified atom stereocenters. The van der Waals surface area contributed by atoms with Gasteiger partial charge in [0.05, 0.1) is 18.4 Å². The van der Waals surface area contributed by atoms with Gasteiger partial charge in [-0.3, -0.25) is 9.36 Å². The van der Waals surface area contributed by atoms with Crippen LogP contribution in [0, 0.1) is 5.82 Å². The second-order valence-corrected chi connectivity index (χ2v) is 6.93. The van der Waals surface area contributed by atoms with Crippen molar-refractivity contribution in [2.24, 2.45) is 0 Å². The van der Waals surface area contributed by atoms with Gasteiger partial charge in [0.1, 0.15) is 36.0 Å². The highest BCUT2D eigenvalue weighted by Gasteiger charge is 2.14. The van der Waals surface area contributed by atoms with E-state index in [4.69, 9.17) is 4.74 Å². The molecule has 8 heteroatoms. The molecule has 0 spiro atoms. The molecule has 0 aliphatic heterocycles. The van der Waals surface area contributed by atoms with Gasteiger partial charge in [-0.2, -0.15) is 5.10 Å². The van der Waals surface area contributed by atoms with Crippen molar-refractivity contribution in [3.8, 4) is 11.4 Å². The van der Waals surface area contributed by atoms with E-state index in [2.05, 4.69) is 17.0 Å². The summed E-state index contributed by atoms with van der Waals surface area (Å²) in [6, 6.07) is 13.4. The highest BCUT2D eigenvalue weighted by atomic mass is 19.1. The Hall–Kier alpha value is -3.52. The van der Waals surface area contributed by atoms with Crippen molar-refractivity contribution in [1.82, 2.24) is 19.3 Å². The van der Waals surface area contributed by atoms with Crippen molar-refractivity contribution < 1.29 is 14.2 Å². The van der Waals surface area contributed by atoms with Crippen LogP contribution in [0.15, 0.2) is 65.8 Å². The number of rotatable bonds is 7. The first-order valence-electron chi connectivity index (χ1n) is 9.64. The molecular formula is C22H21FN4O3. The fraction of sp³-hybridized carbons (Fsp3) is 0.227. The minimum atomic E-state index is -0.889. The van der Waals surface area contributed by atoms with Gasteiger partial charge in [-0.05, 0) is 48.4 Å². The molecule has 154 valence electrons. The normalized spacial score (nSPS) is 12.2. The molecule has 7 nitrogen and oxygen atoms in total. The minimum absolute atomic E-state index is 0.0382. The van der Waals surface area contributed by atoms with E-state index in [1.165, 1.54) is 39.5 Å². The zero-order valence-corrected chi connectivity index (χ0v) is 16.4. The predicted octanol–water partition coefficient (Wildman–Crippen LogP) is 2.72. The van der Waals surface area contributed by atoms with Gasteiger partial charge in [-0.25, -0.2) is 14.1 Å². The summed E-state index contributed by atoms with van der Waals surface area (Å²) in [4.78, 5) is 17.1. The van der Waals surface area contributed by atoms with Gasteiger partial charge in [-0.15, -0.1) is 0 Å². The van der Waals surface area contributed by atoms with E-state index in [0.29, 0.717) is 22.5 Å². The summed E-state index contributed by atoms with van der Waals surface area (Å²) in [6.45, 7) is 2.16. The topological polar surface area (TPSA) is 82.2 Å². The van der Waals surface area contributed by atoms with Gasteiger partial charge in [-0.1, -0.05) is 19.1 Å². The van der Waals surface area contributed by atoms with Crippen LogP contribution in [-0.4, -0.2) is 37.1 Å². The zero-order valence-electron chi connectivity index (χ0n) is 16.4. The highest BCUT2D eigenvalue weighted by molar-refractivity contribution is 5.74. The number of hydrogen-bond acceptors (Lipinski definition) is 5. The molecule has 0 saturated heterocycles. The summed E-state index contributed by atoms with van der Waals surface area (Å²) in [7, 11) is 0. The molecule has 30 heavy (non-hydrogen) atoms. The number of aromatic nitrogens is 4. The molecule has 1 N–H and O–H groups in total. The van der Waals surface area contributed by atoms with E-state index in [1.807, 2.05) is 24.3 Å². The third kappa shape index (κ3) is 4.08. The number of aliphatic hydroxyl groups excluding tert-OH is 1. The van der Waals surface area contributed by atoms with Gasteiger partial charge in [0.15, 0.2) is 5.65 Å². The average Bonchev–Trinajstić information content (AvgIpc) is 3.20. The summed E-state index contributed by atoms with van der Waals surface area (Å²) < 4.78 is 21.6. The van der Waals surface area contributed by atoms with Crippen molar-refractivity contribution in [3.05, 3.63) is 82.8 Å². The van der Waals surface area contributed by atoms with Crippen molar-refractivity contribution in [2.75, 3.05) is 6.61 Å². The van der Waals surface area contributed by atoms with E-state index in [0.717, 1.165) is 6.42 Å². The average molecular weight is 408 g/mol.